The van der Waals surface area contributed by atoms with Crippen LogP contribution in [0.2, 0.25) is 0 Å². The summed E-state index contributed by atoms with van der Waals surface area (Å²) in [6.45, 7) is 2.47. The molecule has 0 saturated carbocycles. The van der Waals surface area contributed by atoms with Gasteiger partial charge in [0, 0.05) is 32.8 Å². The molecule has 0 unspecified atom stereocenters. The maximum Gasteiger partial charge on any atom is 0.317 e. The number of carbonyl (C=O) groups excluding carboxylic acids is 1. The largest absolute Gasteiger partial charge is 0.395 e. The van der Waals surface area contributed by atoms with Gasteiger partial charge in [0.05, 0.1) is 13.2 Å². The van der Waals surface area contributed by atoms with Gasteiger partial charge in [0.2, 0.25) is 0 Å². The van der Waals surface area contributed by atoms with Crippen LogP contribution in [0.1, 0.15) is 12.8 Å². The number of urea groups is 1. The number of carbonyl (C=O) groups is 1. The lowest BCUT2D eigenvalue weighted by Gasteiger charge is -2.25. The van der Waals surface area contributed by atoms with Gasteiger partial charge in [-0.3, -0.25) is 0 Å². The second-order valence-corrected chi connectivity index (χ2v) is 4.18. The van der Waals surface area contributed by atoms with Crippen LogP contribution in [-0.2, 0) is 4.74 Å². The molecule has 1 heterocycles. The van der Waals surface area contributed by atoms with Crippen molar-refractivity contribution in [3.05, 3.63) is 0 Å². The van der Waals surface area contributed by atoms with E-state index >= 15 is 0 Å². The van der Waals surface area contributed by atoms with E-state index in [1.54, 1.807) is 0 Å². The standard InChI is InChI=1S/C11H22N2O4/c14-5-3-13(4-6-15)11(16)12-9-10-1-7-17-8-2-10/h10,14-15H,1-9H2,(H,12,16). The molecule has 0 aromatic carbocycles. The summed E-state index contributed by atoms with van der Waals surface area (Å²) in [4.78, 5) is 13.1. The number of aliphatic hydroxyl groups excluding tert-OH is 2. The Morgan fingerprint density at radius 1 is 1.24 bits per heavy atom. The number of nitrogens with one attached hydrogen (secondary N) is 1. The zero-order valence-electron chi connectivity index (χ0n) is 10.1. The van der Waals surface area contributed by atoms with E-state index < -0.39 is 0 Å². The molecule has 0 bridgehead atoms. The van der Waals surface area contributed by atoms with Gasteiger partial charge >= 0.3 is 6.03 Å². The number of amides is 2. The van der Waals surface area contributed by atoms with E-state index in [0.29, 0.717) is 12.5 Å². The van der Waals surface area contributed by atoms with Crippen molar-refractivity contribution in [3.63, 3.8) is 0 Å². The molecule has 100 valence electrons. The second-order valence-electron chi connectivity index (χ2n) is 4.18. The molecule has 2 amide bonds. The van der Waals surface area contributed by atoms with Crippen molar-refractivity contribution >= 4 is 6.03 Å². The van der Waals surface area contributed by atoms with Gasteiger partial charge in [-0.05, 0) is 18.8 Å². The highest BCUT2D eigenvalue weighted by atomic mass is 16.5. The van der Waals surface area contributed by atoms with Crippen molar-refractivity contribution in [2.24, 2.45) is 5.92 Å². The van der Waals surface area contributed by atoms with Crippen LogP contribution < -0.4 is 5.32 Å². The van der Waals surface area contributed by atoms with E-state index in [-0.39, 0.29) is 32.3 Å². The Morgan fingerprint density at radius 3 is 2.35 bits per heavy atom. The quantitative estimate of drug-likeness (QED) is 0.585. The van der Waals surface area contributed by atoms with E-state index in [1.165, 1.54) is 4.90 Å². The van der Waals surface area contributed by atoms with E-state index in [0.717, 1.165) is 26.1 Å². The first-order valence-electron chi connectivity index (χ1n) is 6.10. The molecule has 0 aromatic heterocycles. The smallest absolute Gasteiger partial charge is 0.317 e. The predicted molar refractivity (Wildman–Crippen MR) is 62.7 cm³/mol. The molecular formula is C11H22N2O4. The van der Waals surface area contributed by atoms with E-state index in [2.05, 4.69) is 5.32 Å². The normalized spacial score (nSPS) is 16.8. The van der Waals surface area contributed by atoms with Gasteiger partial charge < -0.3 is 25.2 Å². The average Bonchev–Trinajstić information content (AvgIpc) is 2.37. The van der Waals surface area contributed by atoms with Gasteiger partial charge in [0.1, 0.15) is 0 Å². The minimum atomic E-state index is -0.223. The number of nitrogens with zero attached hydrogens (tertiary/aromatic N) is 1. The fraction of sp³-hybridized carbons (Fsp3) is 0.909. The Morgan fingerprint density at radius 2 is 1.82 bits per heavy atom. The fourth-order valence-electron chi connectivity index (χ4n) is 1.85. The fourth-order valence-corrected chi connectivity index (χ4v) is 1.85. The lowest BCUT2D eigenvalue weighted by atomic mass is 10.0. The summed E-state index contributed by atoms with van der Waals surface area (Å²) in [6, 6.07) is -0.223. The summed E-state index contributed by atoms with van der Waals surface area (Å²) >= 11 is 0. The van der Waals surface area contributed by atoms with Gasteiger partial charge in [-0.1, -0.05) is 0 Å². The summed E-state index contributed by atoms with van der Waals surface area (Å²) in [6.07, 6.45) is 1.94. The molecule has 1 fully saturated rings. The van der Waals surface area contributed by atoms with Gasteiger partial charge in [-0.2, -0.15) is 0 Å². The molecule has 0 aromatic rings. The molecule has 6 nitrogen and oxygen atoms in total. The zero-order valence-corrected chi connectivity index (χ0v) is 10.1. The van der Waals surface area contributed by atoms with Crippen molar-refractivity contribution in [2.45, 2.75) is 12.8 Å². The summed E-state index contributed by atoms with van der Waals surface area (Å²) < 4.78 is 5.24. The van der Waals surface area contributed by atoms with Gasteiger partial charge in [0.15, 0.2) is 0 Å². The Bertz CT molecular complexity index is 214. The molecule has 0 aliphatic carbocycles. The molecule has 0 spiro atoms. The lowest BCUT2D eigenvalue weighted by Crippen LogP contribution is -2.44. The molecule has 0 radical (unpaired) electrons. The Hall–Kier alpha value is -0.850. The molecule has 1 aliphatic heterocycles. The summed E-state index contributed by atoms with van der Waals surface area (Å²) in [5, 5.41) is 20.4. The molecule has 0 atom stereocenters. The topological polar surface area (TPSA) is 82.0 Å². The summed E-state index contributed by atoms with van der Waals surface area (Å²) in [5.74, 6) is 0.470. The highest BCUT2D eigenvalue weighted by Gasteiger charge is 2.17. The Kier molecular flexibility index (Phi) is 6.91. The second kappa shape index (κ2) is 8.27. The third kappa shape index (κ3) is 5.34. The lowest BCUT2D eigenvalue weighted by molar-refractivity contribution is 0.0661. The van der Waals surface area contributed by atoms with E-state index in [9.17, 15) is 4.79 Å². The van der Waals surface area contributed by atoms with Crippen molar-refractivity contribution in [3.8, 4) is 0 Å². The van der Waals surface area contributed by atoms with Crippen LogP contribution in [-0.4, -0.2) is 67.2 Å². The first-order valence-corrected chi connectivity index (χ1v) is 6.10. The zero-order chi connectivity index (χ0) is 12.5. The number of rotatable bonds is 6. The highest BCUT2D eigenvalue weighted by molar-refractivity contribution is 5.74. The third-order valence-corrected chi connectivity index (χ3v) is 2.91. The van der Waals surface area contributed by atoms with Crippen LogP contribution in [0, 0.1) is 5.92 Å². The van der Waals surface area contributed by atoms with Crippen LogP contribution in [0.3, 0.4) is 0 Å². The third-order valence-electron chi connectivity index (χ3n) is 2.91. The van der Waals surface area contributed by atoms with Crippen molar-refractivity contribution in [1.82, 2.24) is 10.2 Å². The maximum atomic E-state index is 11.7. The summed E-state index contributed by atoms with van der Waals surface area (Å²) in [7, 11) is 0. The van der Waals surface area contributed by atoms with Crippen LogP contribution in [0.15, 0.2) is 0 Å². The predicted octanol–water partition coefficient (Wildman–Crippen LogP) is -0.591. The van der Waals surface area contributed by atoms with Gasteiger partial charge in [0.25, 0.3) is 0 Å². The number of hydrogen-bond donors (Lipinski definition) is 3. The molecule has 1 saturated heterocycles. The average molecular weight is 246 g/mol. The molecular weight excluding hydrogens is 224 g/mol. The van der Waals surface area contributed by atoms with E-state index in [4.69, 9.17) is 14.9 Å². The highest BCUT2D eigenvalue weighted by Crippen LogP contribution is 2.13. The van der Waals surface area contributed by atoms with Crippen LogP contribution in [0.4, 0.5) is 4.79 Å². The number of ether oxygens (including phenoxy) is 1. The minimum absolute atomic E-state index is 0.0926. The van der Waals surface area contributed by atoms with Crippen LogP contribution >= 0.6 is 0 Å². The van der Waals surface area contributed by atoms with E-state index in [1.807, 2.05) is 0 Å². The molecule has 3 N–H and O–H groups in total. The van der Waals surface area contributed by atoms with Crippen molar-refractivity contribution < 1.29 is 19.7 Å². The molecule has 17 heavy (non-hydrogen) atoms. The van der Waals surface area contributed by atoms with Crippen LogP contribution in [0.5, 0.6) is 0 Å². The first-order chi connectivity index (χ1) is 8.27. The Labute approximate surface area is 102 Å². The number of hydrogen-bond acceptors (Lipinski definition) is 4. The first kappa shape index (κ1) is 14.2. The maximum absolute atomic E-state index is 11.7. The minimum Gasteiger partial charge on any atom is -0.395 e. The molecule has 1 rings (SSSR count). The molecule has 1 aliphatic rings. The summed E-state index contributed by atoms with van der Waals surface area (Å²) in [5.41, 5.74) is 0. The molecule has 6 heteroatoms. The van der Waals surface area contributed by atoms with Crippen molar-refractivity contribution in [1.29, 1.82) is 0 Å². The van der Waals surface area contributed by atoms with Crippen LogP contribution in [0.25, 0.3) is 0 Å². The monoisotopic (exact) mass is 246 g/mol. The Balaban J connectivity index is 2.25. The van der Waals surface area contributed by atoms with Gasteiger partial charge in [-0.15, -0.1) is 0 Å². The van der Waals surface area contributed by atoms with Crippen molar-refractivity contribution in [2.75, 3.05) is 46.1 Å². The number of aliphatic hydroxyl groups is 2. The SMILES string of the molecule is O=C(NCC1CCOCC1)N(CCO)CCO. The van der Waals surface area contributed by atoms with Gasteiger partial charge in [-0.25, -0.2) is 4.79 Å².